The monoisotopic (exact) mass is 304 g/mol. The van der Waals surface area contributed by atoms with E-state index in [-0.39, 0.29) is 5.25 Å². The van der Waals surface area contributed by atoms with Crippen molar-refractivity contribution in [2.24, 2.45) is 17.8 Å². The fourth-order valence-electron chi connectivity index (χ4n) is 3.53. The number of nitrogens with zero attached hydrogens (tertiary/aromatic N) is 1. The molecule has 0 aliphatic heterocycles. The summed E-state index contributed by atoms with van der Waals surface area (Å²) in [7, 11) is -1.04. The first-order valence-electron chi connectivity index (χ1n) is 7.91. The highest BCUT2D eigenvalue weighted by Gasteiger charge is 2.36. The molecular formula is C17H24N2OS. The van der Waals surface area contributed by atoms with Crippen molar-refractivity contribution >= 4 is 21.8 Å². The van der Waals surface area contributed by atoms with Gasteiger partial charge in [-0.25, -0.2) is 4.98 Å². The highest BCUT2D eigenvalue weighted by Crippen LogP contribution is 2.37. The van der Waals surface area contributed by atoms with Gasteiger partial charge in [0.05, 0.1) is 21.8 Å². The normalized spacial score (nSPS) is 28.1. The van der Waals surface area contributed by atoms with E-state index in [0.29, 0.717) is 22.9 Å². The molecule has 1 aromatic heterocycles. The van der Waals surface area contributed by atoms with Crippen LogP contribution >= 0.6 is 0 Å². The molecule has 2 aromatic rings. The van der Waals surface area contributed by atoms with E-state index >= 15 is 0 Å². The molecule has 0 spiro atoms. The van der Waals surface area contributed by atoms with Crippen LogP contribution in [0.25, 0.3) is 11.0 Å². The molecular weight excluding hydrogens is 280 g/mol. The Bertz CT molecular complexity index is 616. The van der Waals surface area contributed by atoms with Crippen molar-refractivity contribution in [1.29, 1.82) is 0 Å². The van der Waals surface area contributed by atoms with Gasteiger partial charge in [0.15, 0.2) is 5.16 Å². The lowest BCUT2D eigenvalue weighted by molar-refractivity contribution is 0.240. The zero-order valence-electron chi connectivity index (χ0n) is 13.0. The molecule has 3 rings (SSSR count). The van der Waals surface area contributed by atoms with Crippen LogP contribution in [-0.2, 0) is 10.8 Å². The smallest absolute Gasteiger partial charge is 0.197 e. The van der Waals surface area contributed by atoms with Crippen molar-refractivity contribution in [3.05, 3.63) is 24.3 Å². The predicted molar refractivity (Wildman–Crippen MR) is 87.6 cm³/mol. The first kappa shape index (κ1) is 14.8. The minimum absolute atomic E-state index is 0.231. The lowest BCUT2D eigenvalue weighted by Gasteiger charge is -2.36. The largest absolute Gasteiger partial charge is 0.331 e. The molecule has 1 aliphatic carbocycles. The number of H-pyrrole nitrogens is 1. The van der Waals surface area contributed by atoms with Gasteiger partial charge in [-0.05, 0) is 42.7 Å². The molecule has 1 N–H and O–H groups in total. The van der Waals surface area contributed by atoms with E-state index in [2.05, 4.69) is 30.7 Å². The Balaban J connectivity index is 1.91. The molecule has 3 nitrogen and oxygen atoms in total. The van der Waals surface area contributed by atoms with Crippen LogP contribution in [0.3, 0.4) is 0 Å². The van der Waals surface area contributed by atoms with Crippen molar-refractivity contribution in [3.63, 3.8) is 0 Å². The topological polar surface area (TPSA) is 45.8 Å². The fraction of sp³-hybridized carbons (Fsp3) is 0.588. The van der Waals surface area contributed by atoms with Gasteiger partial charge < -0.3 is 4.98 Å². The van der Waals surface area contributed by atoms with Gasteiger partial charge in [0.1, 0.15) is 0 Å². The number of hydrogen-bond acceptors (Lipinski definition) is 2. The van der Waals surface area contributed by atoms with Crippen LogP contribution in [0.2, 0.25) is 0 Å². The standard InChI is InChI=1S/C17H24N2OS/c1-11(2)13-9-8-12(3)10-16(13)21(20)17-18-14-6-4-5-7-15(14)19-17/h4-7,11-13,16H,8-10H2,1-3H3,(H,18,19)/t12-,13+,16+,21+/m1/s1. The van der Waals surface area contributed by atoms with E-state index in [1.807, 2.05) is 24.3 Å². The van der Waals surface area contributed by atoms with E-state index in [1.165, 1.54) is 12.8 Å². The number of benzene rings is 1. The van der Waals surface area contributed by atoms with Gasteiger partial charge in [0, 0.05) is 5.25 Å². The third kappa shape index (κ3) is 2.91. The third-order valence-corrected chi connectivity index (χ3v) is 6.46. The summed E-state index contributed by atoms with van der Waals surface area (Å²) in [5, 5.41) is 0.885. The van der Waals surface area contributed by atoms with Gasteiger partial charge in [-0.2, -0.15) is 0 Å². The van der Waals surface area contributed by atoms with Crippen LogP contribution in [0.1, 0.15) is 40.0 Å². The quantitative estimate of drug-likeness (QED) is 0.926. The molecule has 1 heterocycles. The van der Waals surface area contributed by atoms with Crippen molar-refractivity contribution in [2.45, 2.75) is 50.4 Å². The zero-order chi connectivity index (χ0) is 15.0. The summed E-state index contributed by atoms with van der Waals surface area (Å²) in [5.74, 6) is 1.78. The zero-order valence-corrected chi connectivity index (χ0v) is 13.8. The molecule has 0 saturated heterocycles. The van der Waals surface area contributed by atoms with E-state index in [1.54, 1.807) is 0 Å². The molecule has 4 atom stereocenters. The van der Waals surface area contributed by atoms with Crippen molar-refractivity contribution in [3.8, 4) is 0 Å². The number of fused-ring (bicyclic) bond motifs is 1. The van der Waals surface area contributed by atoms with E-state index in [4.69, 9.17) is 0 Å². The summed E-state index contributed by atoms with van der Waals surface area (Å²) in [4.78, 5) is 7.81. The maximum Gasteiger partial charge on any atom is 0.197 e. The maximum atomic E-state index is 13.0. The first-order valence-corrected chi connectivity index (χ1v) is 9.13. The second kappa shape index (κ2) is 5.91. The summed E-state index contributed by atoms with van der Waals surface area (Å²) in [6, 6.07) is 7.91. The van der Waals surface area contributed by atoms with Crippen LogP contribution in [-0.4, -0.2) is 19.4 Å². The molecule has 114 valence electrons. The Hall–Kier alpha value is -1.16. The molecule has 0 radical (unpaired) electrons. The van der Waals surface area contributed by atoms with Gasteiger partial charge in [-0.1, -0.05) is 39.3 Å². The van der Waals surface area contributed by atoms with Crippen LogP contribution in [0.4, 0.5) is 0 Å². The second-order valence-corrected chi connectivity index (χ2v) is 8.31. The van der Waals surface area contributed by atoms with Gasteiger partial charge in [-0.15, -0.1) is 0 Å². The number of para-hydroxylation sites is 2. The van der Waals surface area contributed by atoms with E-state index < -0.39 is 10.8 Å². The van der Waals surface area contributed by atoms with Crippen LogP contribution < -0.4 is 0 Å². The highest BCUT2D eigenvalue weighted by molar-refractivity contribution is 7.85. The van der Waals surface area contributed by atoms with Crippen molar-refractivity contribution in [2.75, 3.05) is 0 Å². The van der Waals surface area contributed by atoms with Gasteiger partial charge in [0.2, 0.25) is 0 Å². The van der Waals surface area contributed by atoms with Gasteiger partial charge in [0.25, 0.3) is 0 Å². The fourth-order valence-corrected chi connectivity index (χ4v) is 5.49. The van der Waals surface area contributed by atoms with E-state index in [0.717, 1.165) is 17.5 Å². The van der Waals surface area contributed by atoms with Crippen LogP contribution in [0.5, 0.6) is 0 Å². The van der Waals surface area contributed by atoms with Crippen LogP contribution in [0, 0.1) is 17.8 Å². The average Bonchev–Trinajstić information content (AvgIpc) is 2.89. The summed E-state index contributed by atoms with van der Waals surface area (Å²) in [6.07, 6.45) is 3.50. The molecule has 1 saturated carbocycles. The molecule has 1 aromatic carbocycles. The number of nitrogens with one attached hydrogen (secondary N) is 1. The minimum atomic E-state index is -1.04. The second-order valence-electron chi connectivity index (χ2n) is 6.72. The summed E-state index contributed by atoms with van der Waals surface area (Å²) < 4.78 is 13.0. The molecule has 21 heavy (non-hydrogen) atoms. The van der Waals surface area contributed by atoms with Crippen LogP contribution in [0.15, 0.2) is 29.4 Å². The van der Waals surface area contributed by atoms with Gasteiger partial charge >= 0.3 is 0 Å². The summed E-state index contributed by atoms with van der Waals surface area (Å²) in [5.41, 5.74) is 1.89. The number of hydrogen-bond donors (Lipinski definition) is 1. The lowest BCUT2D eigenvalue weighted by Crippen LogP contribution is -2.35. The Kier molecular flexibility index (Phi) is 4.16. The Morgan fingerprint density at radius 3 is 2.76 bits per heavy atom. The molecule has 0 unspecified atom stereocenters. The highest BCUT2D eigenvalue weighted by atomic mass is 32.2. The number of aromatic amines is 1. The molecule has 1 fully saturated rings. The number of imidazole rings is 1. The minimum Gasteiger partial charge on any atom is -0.331 e. The van der Waals surface area contributed by atoms with E-state index in [9.17, 15) is 4.21 Å². The Morgan fingerprint density at radius 2 is 2.05 bits per heavy atom. The molecule has 0 amide bonds. The average molecular weight is 304 g/mol. The van der Waals surface area contributed by atoms with Gasteiger partial charge in [-0.3, -0.25) is 4.21 Å². The summed E-state index contributed by atoms with van der Waals surface area (Å²) in [6.45, 7) is 6.78. The lowest BCUT2D eigenvalue weighted by atomic mass is 9.77. The SMILES string of the molecule is CC(C)[C@@H]1CC[C@@H](C)C[C@@H]1[S@](=O)c1nc2ccccc2[nH]1. The van der Waals surface area contributed by atoms with Crippen molar-refractivity contribution < 1.29 is 4.21 Å². The molecule has 1 aliphatic rings. The number of rotatable bonds is 3. The Morgan fingerprint density at radius 1 is 1.29 bits per heavy atom. The maximum absolute atomic E-state index is 13.0. The predicted octanol–water partition coefficient (Wildman–Crippen LogP) is 4.13. The first-order chi connectivity index (χ1) is 10.1. The Labute approximate surface area is 129 Å². The summed E-state index contributed by atoms with van der Waals surface area (Å²) >= 11 is 0. The molecule has 4 heteroatoms. The molecule has 0 bridgehead atoms. The third-order valence-electron chi connectivity index (χ3n) is 4.79. The van der Waals surface area contributed by atoms with Crippen molar-refractivity contribution in [1.82, 2.24) is 9.97 Å². The number of aromatic nitrogens is 2.